The Bertz CT molecular complexity index is 2980. The van der Waals surface area contributed by atoms with Gasteiger partial charge in [0.1, 0.15) is 18.1 Å². The van der Waals surface area contributed by atoms with Gasteiger partial charge in [-0.1, -0.05) is 89.0 Å². The largest absolute Gasteiger partial charge is 0.494 e. The number of alkyl halides is 2. The third-order valence-electron chi connectivity index (χ3n) is 12.6. The van der Waals surface area contributed by atoms with Crippen molar-refractivity contribution in [2.24, 2.45) is 0 Å². The van der Waals surface area contributed by atoms with Crippen molar-refractivity contribution in [3.05, 3.63) is 131 Å². The number of benzene rings is 4. The number of imide groups is 1. The van der Waals surface area contributed by atoms with Crippen molar-refractivity contribution >= 4 is 52.2 Å². The first kappa shape index (κ1) is 49.5. The number of hydrogen-bond acceptors (Lipinski definition) is 8. The van der Waals surface area contributed by atoms with Crippen molar-refractivity contribution < 1.29 is 37.5 Å². The van der Waals surface area contributed by atoms with E-state index in [9.17, 15) is 24.0 Å². The molecule has 6 aromatic rings. The van der Waals surface area contributed by atoms with Crippen LogP contribution in [-0.2, 0) is 38.8 Å². The lowest BCUT2D eigenvalue weighted by molar-refractivity contribution is -0.147. The van der Waals surface area contributed by atoms with Crippen LogP contribution in [0.25, 0.3) is 16.7 Å². The van der Waals surface area contributed by atoms with E-state index in [-0.39, 0.29) is 43.3 Å². The molecular weight excluding hydrogens is 909 g/mol. The van der Waals surface area contributed by atoms with E-state index in [1.165, 1.54) is 29.2 Å². The molecule has 0 radical (unpaired) electrons. The number of carbonyl (C=O) groups excluding carboxylic acids is 5. The van der Waals surface area contributed by atoms with Crippen LogP contribution < -0.4 is 26.0 Å². The van der Waals surface area contributed by atoms with Crippen LogP contribution in [0.3, 0.4) is 0 Å². The van der Waals surface area contributed by atoms with Crippen LogP contribution in [0.5, 0.6) is 5.75 Å². The Hall–Kier alpha value is -7.87. The highest BCUT2D eigenvalue weighted by molar-refractivity contribution is 6.05. The number of imidazole rings is 1. The summed E-state index contributed by atoms with van der Waals surface area (Å²) in [5, 5.41) is 17.3. The predicted octanol–water partition coefficient (Wildman–Crippen LogP) is 9.41. The normalized spacial score (nSPS) is 14.7. The number of hydrogen-bond donors (Lipinski definition) is 5. The number of H-pyrrole nitrogens is 1. The second kappa shape index (κ2) is 21.8. The molecule has 2 aromatic heterocycles. The molecule has 6 amide bonds. The van der Waals surface area contributed by atoms with E-state index >= 15 is 8.78 Å². The van der Waals surface area contributed by atoms with Gasteiger partial charge in [-0.2, -0.15) is 13.9 Å². The van der Waals surface area contributed by atoms with Crippen molar-refractivity contribution in [3.63, 3.8) is 0 Å². The topological polar surface area (TPSA) is 192 Å². The average molecular weight is 966 g/mol. The molecular formula is C54H57F2N9O6. The standard InChI is InChI=1S/C54H57F2N9O6/c1-53(2,3)46-31-47(63-62-46)60-52(70)59-38-21-23-39(24-22-38)65-34-58-43-30-40(25-26-44(43)65)71-29-12-10-8-6-4-5-7-9-11-14-35-17-19-37(20-18-35)54(55,56)51(69)57-32-36-15-13-16-41-42(36)33-64(50(41)68)45-27-28-48(66)61-49(45)67/h13,15-26,30-31,34,45H,4-10,12,27-29,32-33H2,1-3H3,(H,57,69)(H,61,66,67)(H3,59,60,62,63,70). The third-order valence-corrected chi connectivity index (χ3v) is 12.6. The molecule has 2 aliphatic heterocycles. The lowest BCUT2D eigenvalue weighted by Gasteiger charge is -2.29. The second-order valence-corrected chi connectivity index (χ2v) is 18.9. The monoisotopic (exact) mass is 965 g/mol. The first-order valence-electron chi connectivity index (χ1n) is 24.0. The maximum Gasteiger partial charge on any atom is 0.349 e. The van der Waals surface area contributed by atoms with Crippen LogP contribution >= 0.6 is 0 Å². The van der Waals surface area contributed by atoms with Crippen molar-refractivity contribution in [2.45, 2.75) is 115 Å². The molecule has 0 saturated carbocycles. The van der Waals surface area contributed by atoms with Gasteiger partial charge in [-0.15, -0.1) is 0 Å². The zero-order chi connectivity index (χ0) is 50.1. The molecule has 8 rings (SSSR count). The average Bonchev–Trinajstić information content (AvgIpc) is 4.09. The fraction of sp³-hybridized carbons (Fsp3) is 0.352. The number of nitrogens with zero attached hydrogens (tertiary/aromatic N) is 4. The van der Waals surface area contributed by atoms with Crippen LogP contribution in [-0.4, -0.2) is 67.0 Å². The van der Waals surface area contributed by atoms with Gasteiger partial charge in [0, 0.05) is 77.2 Å². The lowest BCUT2D eigenvalue weighted by atomic mass is 9.92. The summed E-state index contributed by atoms with van der Waals surface area (Å²) in [6.07, 6.45) is 10.1. The fourth-order valence-corrected chi connectivity index (χ4v) is 8.59. The van der Waals surface area contributed by atoms with Gasteiger partial charge < -0.3 is 20.3 Å². The number of aromatic amines is 1. The molecule has 17 heteroatoms. The molecule has 4 heterocycles. The van der Waals surface area contributed by atoms with E-state index in [0.29, 0.717) is 46.8 Å². The van der Waals surface area contributed by atoms with Crippen LogP contribution in [0.1, 0.15) is 123 Å². The second-order valence-electron chi connectivity index (χ2n) is 18.9. The molecule has 4 aromatic carbocycles. The van der Waals surface area contributed by atoms with Gasteiger partial charge in [-0.3, -0.25) is 39.5 Å². The van der Waals surface area contributed by atoms with Crippen molar-refractivity contribution in [1.29, 1.82) is 0 Å². The minimum absolute atomic E-state index is 0.0664. The molecule has 5 N–H and O–H groups in total. The van der Waals surface area contributed by atoms with Crippen molar-refractivity contribution in [2.75, 3.05) is 17.2 Å². The van der Waals surface area contributed by atoms with Gasteiger partial charge in [-0.25, -0.2) is 9.78 Å². The van der Waals surface area contributed by atoms with Crippen molar-refractivity contribution in [3.8, 4) is 23.3 Å². The number of ether oxygens (including phenoxy) is 1. The molecule has 0 spiro atoms. The number of urea groups is 1. The number of nitrogens with one attached hydrogen (secondary N) is 5. The Morgan fingerprint density at radius 3 is 2.35 bits per heavy atom. The number of halogens is 2. The van der Waals surface area contributed by atoms with E-state index in [1.54, 1.807) is 24.5 Å². The van der Waals surface area contributed by atoms with E-state index in [1.807, 2.05) is 53.1 Å². The summed E-state index contributed by atoms with van der Waals surface area (Å²) in [5.74, 6) is 0.754. The van der Waals surface area contributed by atoms with E-state index < -0.39 is 35.2 Å². The van der Waals surface area contributed by atoms with Crippen LogP contribution in [0.2, 0.25) is 0 Å². The summed E-state index contributed by atoms with van der Waals surface area (Å²) < 4.78 is 38.6. The van der Waals surface area contributed by atoms with Gasteiger partial charge in [0.15, 0.2) is 5.82 Å². The summed E-state index contributed by atoms with van der Waals surface area (Å²) >= 11 is 0. The highest BCUT2D eigenvalue weighted by atomic mass is 19.3. The van der Waals surface area contributed by atoms with E-state index in [4.69, 9.17) is 4.74 Å². The molecule has 15 nitrogen and oxygen atoms in total. The Kier molecular flexibility index (Phi) is 15.2. The zero-order valence-corrected chi connectivity index (χ0v) is 40.0. The van der Waals surface area contributed by atoms with E-state index in [2.05, 4.69) is 69.1 Å². The summed E-state index contributed by atoms with van der Waals surface area (Å²) in [7, 11) is 0. The smallest absolute Gasteiger partial charge is 0.349 e. The number of unbranched alkanes of at least 4 members (excludes halogenated alkanes) is 7. The highest BCUT2D eigenvalue weighted by Gasteiger charge is 2.42. The zero-order valence-electron chi connectivity index (χ0n) is 40.0. The Morgan fingerprint density at radius 1 is 0.873 bits per heavy atom. The number of fused-ring (bicyclic) bond motifs is 2. The van der Waals surface area contributed by atoms with Crippen LogP contribution in [0.4, 0.5) is 25.1 Å². The molecule has 0 aliphatic carbocycles. The molecule has 2 aliphatic rings. The maximum absolute atomic E-state index is 15.3. The number of rotatable bonds is 18. The summed E-state index contributed by atoms with van der Waals surface area (Å²) in [6.45, 7) is 6.64. The Labute approximate surface area is 410 Å². The Balaban J connectivity index is 0.687. The molecule has 1 unspecified atom stereocenters. The third kappa shape index (κ3) is 12.1. The SMILES string of the molecule is CC(C)(C)c1cc(NC(=O)Nc2ccc(-n3cnc4cc(OCCCCCCCCCC#Cc5ccc(C(F)(F)C(=O)NCc6cccc7c6CN(C6CCC(=O)NC6=O)C7=O)cc5)ccc43)cc2)n[nH]1. The van der Waals surface area contributed by atoms with Crippen molar-refractivity contribution in [1.82, 2.24) is 35.3 Å². The molecule has 71 heavy (non-hydrogen) atoms. The molecule has 1 saturated heterocycles. The predicted molar refractivity (Wildman–Crippen MR) is 265 cm³/mol. The fourth-order valence-electron chi connectivity index (χ4n) is 8.59. The number of anilines is 2. The van der Waals surface area contributed by atoms with Gasteiger partial charge in [0.25, 0.3) is 11.8 Å². The maximum atomic E-state index is 15.3. The lowest BCUT2D eigenvalue weighted by Crippen LogP contribution is -2.52. The van der Waals surface area contributed by atoms with Gasteiger partial charge in [0.2, 0.25) is 11.8 Å². The summed E-state index contributed by atoms with van der Waals surface area (Å²) in [4.78, 5) is 68.5. The highest BCUT2D eigenvalue weighted by Crippen LogP contribution is 2.32. The summed E-state index contributed by atoms with van der Waals surface area (Å²) in [6, 6.07) is 24.2. The quantitative estimate of drug-likeness (QED) is 0.0320. The van der Waals surface area contributed by atoms with Gasteiger partial charge >= 0.3 is 12.0 Å². The van der Waals surface area contributed by atoms with Crippen LogP contribution in [0, 0.1) is 11.8 Å². The molecule has 368 valence electrons. The minimum Gasteiger partial charge on any atom is -0.494 e. The first-order chi connectivity index (χ1) is 34.1. The number of aromatic nitrogens is 4. The minimum atomic E-state index is -3.81. The number of piperidine rings is 1. The van der Waals surface area contributed by atoms with E-state index in [0.717, 1.165) is 73.1 Å². The summed E-state index contributed by atoms with van der Waals surface area (Å²) in [5.41, 5.74) is 5.60. The Morgan fingerprint density at radius 2 is 1.62 bits per heavy atom. The number of carbonyl (C=O) groups is 5. The first-order valence-corrected chi connectivity index (χ1v) is 24.0. The molecule has 1 atom stereocenters. The van der Waals surface area contributed by atoms with Gasteiger partial charge in [0.05, 0.1) is 17.6 Å². The van der Waals surface area contributed by atoms with Crippen LogP contribution in [0.15, 0.2) is 97.3 Å². The number of amides is 6. The molecule has 0 bridgehead atoms. The molecule has 1 fully saturated rings. The van der Waals surface area contributed by atoms with Gasteiger partial charge in [-0.05, 0) is 85.0 Å².